The number of hydrogen-bond donors (Lipinski definition) is 1. The second-order valence-corrected chi connectivity index (χ2v) is 5.84. The van der Waals surface area contributed by atoms with Crippen molar-refractivity contribution in [1.29, 1.82) is 0 Å². The molecule has 0 saturated carbocycles. The van der Waals surface area contributed by atoms with E-state index in [0.29, 0.717) is 5.92 Å². The van der Waals surface area contributed by atoms with Gasteiger partial charge in [-0.2, -0.15) is 0 Å². The first-order valence-corrected chi connectivity index (χ1v) is 8.35. The standard InChI is InChI=1S/C18H31FN2/c1-5-14(6-2)13-21(8-4)18-15(12-16(20)7-3)10-9-11-17(18)19/h9-11,14,16H,5-8,12-13,20H2,1-4H3. The van der Waals surface area contributed by atoms with Crippen LogP contribution in [0.25, 0.3) is 0 Å². The second kappa shape index (κ2) is 9.04. The van der Waals surface area contributed by atoms with Crippen LogP contribution in [0.4, 0.5) is 10.1 Å². The van der Waals surface area contributed by atoms with Gasteiger partial charge in [-0.15, -0.1) is 0 Å². The highest BCUT2D eigenvalue weighted by molar-refractivity contribution is 5.55. The van der Waals surface area contributed by atoms with Gasteiger partial charge < -0.3 is 10.6 Å². The molecule has 0 aromatic heterocycles. The molecule has 120 valence electrons. The molecular formula is C18H31FN2. The van der Waals surface area contributed by atoms with Crippen LogP contribution in [0, 0.1) is 11.7 Å². The Hall–Kier alpha value is -1.09. The number of rotatable bonds is 9. The van der Waals surface area contributed by atoms with E-state index in [-0.39, 0.29) is 11.9 Å². The summed E-state index contributed by atoms with van der Waals surface area (Å²) in [5.41, 5.74) is 7.88. The highest BCUT2D eigenvalue weighted by Gasteiger charge is 2.18. The van der Waals surface area contributed by atoms with E-state index in [4.69, 9.17) is 5.73 Å². The number of nitrogens with zero attached hydrogens (tertiary/aromatic N) is 1. The summed E-state index contributed by atoms with van der Waals surface area (Å²) < 4.78 is 14.4. The van der Waals surface area contributed by atoms with Crippen molar-refractivity contribution in [3.05, 3.63) is 29.6 Å². The van der Waals surface area contributed by atoms with Gasteiger partial charge in [0.15, 0.2) is 0 Å². The quantitative estimate of drug-likeness (QED) is 0.733. The highest BCUT2D eigenvalue weighted by Crippen LogP contribution is 2.27. The van der Waals surface area contributed by atoms with Crippen molar-refractivity contribution >= 4 is 5.69 Å². The third-order valence-corrected chi connectivity index (χ3v) is 4.41. The smallest absolute Gasteiger partial charge is 0.146 e. The number of para-hydroxylation sites is 1. The van der Waals surface area contributed by atoms with E-state index in [1.807, 2.05) is 6.07 Å². The monoisotopic (exact) mass is 294 g/mol. The van der Waals surface area contributed by atoms with Gasteiger partial charge >= 0.3 is 0 Å². The van der Waals surface area contributed by atoms with Gasteiger partial charge in [0.05, 0.1) is 5.69 Å². The van der Waals surface area contributed by atoms with Crippen LogP contribution in [0.2, 0.25) is 0 Å². The zero-order valence-electron chi connectivity index (χ0n) is 14.0. The first-order valence-electron chi connectivity index (χ1n) is 8.35. The molecule has 0 amide bonds. The van der Waals surface area contributed by atoms with Gasteiger partial charge in [0, 0.05) is 19.1 Å². The predicted molar refractivity (Wildman–Crippen MR) is 90.3 cm³/mol. The van der Waals surface area contributed by atoms with Crippen molar-refractivity contribution in [2.75, 3.05) is 18.0 Å². The summed E-state index contributed by atoms with van der Waals surface area (Å²) in [6.45, 7) is 10.3. The Labute approximate surface area is 129 Å². The predicted octanol–water partition coefficient (Wildman–Crippen LogP) is 4.37. The van der Waals surface area contributed by atoms with Crippen LogP contribution >= 0.6 is 0 Å². The molecule has 1 rings (SSSR count). The molecule has 2 N–H and O–H groups in total. The lowest BCUT2D eigenvalue weighted by Gasteiger charge is -2.30. The van der Waals surface area contributed by atoms with E-state index in [9.17, 15) is 4.39 Å². The molecule has 0 aliphatic carbocycles. The third-order valence-electron chi connectivity index (χ3n) is 4.41. The van der Waals surface area contributed by atoms with Gasteiger partial charge in [0.2, 0.25) is 0 Å². The molecule has 0 heterocycles. The van der Waals surface area contributed by atoms with E-state index < -0.39 is 0 Å². The Bertz CT molecular complexity index is 416. The van der Waals surface area contributed by atoms with E-state index >= 15 is 0 Å². The van der Waals surface area contributed by atoms with Crippen molar-refractivity contribution in [1.82, 2.24) is 0 Å². The summed E-state index contributed by atoms with van der Waals surface area (Å²) in [5, 5.41) is 0. The molecule has 0 bridgehead atoms. The number of hydrogen-bond acceptors (Lipinski definition) is 2. The molecule has 3 heteroatoms. The number of benzene rings is 1. The van der Waals surface area contributed by atoms with Crippen LogP contribution < -0.4 is 10.6 Å². The van der Waals surface area contributed by atoms with Crippen LogP contribution in [-0.2, 0) is 6.42 Å². The summed E-state index contributed by atoms with van der Waals surface area (Å²) in [5.74, 6) is 0.487. The molecule has 2 nitrogen and oxygen atoms in total. The minimum atomic E-state index is -0.122. The van der Waals surface area contributed by atoms with Gasteiger partial charge in [-0.1, -0.05) is 45.7 Å². The summed E-state index contributed by atoms with van der Waals surface area (Å²) in [4.78, 5) is 2.19. The van der Waals surface area contributed by atoms with Gasteiger partial charge in [0.25, 0.3) is 0 Å². The van der Waals surface area contributed by atoms with Gasteiger partial charge in [-0.3, -0.25) is 0 Å². The van der Waals surface area contributed by atoms with E-state index in [1.54, 1.807) is 12.1 Å². The fourth-order valence-electron chi connectivity index (χ4n) is 2.74. The molecule has 0 fully saturated rings. The Morgan fingerprint density at radius 2 is 1.76 bits per heavy atom. The molecule has 0 aliphatic heterocycles. The van der Waals surface area contributed by atoms with Crippen LogP contribution in [-0.4, -0.2) is 19.1 Å². The zero-order valence-corrected chi connectivity index (χ0v) is 14.0. The first-order chi connectivity index (χ1) is 10.1. The molecule has 1 unspecified atom stereocenters. The summed E-state index contributed by atoms with van der Waals surface area (Å²) >= 11 is 0. The summed E-state index contributed by atoms with van der Waals surface area (Å²) in [7, 11) is 0. The van der Waals surface area contributed by atoms with Gasteiger partial charge in [-0.05, 0) is 37.3 Å². The van der Waals surface area contributed by atoms with E-state index in [2.05, 4.69) is 32.6 Å². The molecule has 21 heavy (non-hydrogen) atoms. The molecule has 0 aliphatic rings. The first kappa shape index (κ1) is 18.0. The van der Waals surface area contributed by atoms with Crippen LogP contribution in [0.3, 0.4) is 0 Å². The van der Waals surface area contributed by atoms with Gasteiger partial charge in [-0.25, -0.2) is 4.39 Å². The number of nitrogens with two attached hydrogens (primary N) is 1. The van der Waals surface area contributed by atoms with Crippen LogP contribution in [0.15, 0.2) is 18.2 Å². The number of anilines is 1. The maximum absolute atomic E-state index is 14.4. The van der Waals surface area contributed by atoms with Crippen LogP contribution in [0.5, 0.6) is 0 Å². The normalized spacial score (nSPS) is 12.7. The third kappa shape index (κ3) is 4.99. The Morgan fingerprint density at radius 1 is 1.10 bits per heavy atom. The molecule has 1 aromatic carbocycles. The molecule has 0 saturated heterocycles. The molecule has 1 aromatic rings. The number of halogens is 1. The highest BCUT2D eigenvalue weighted by atomic mass is 19.1. The average molecular weight is 294 g/mol. The summed E-state index contributed by atoms with van der Waals surface area (Å²) in [6.07, 6.45) is 3.91. The van der Waals surface area contributed by atoms with Crippen LogP contribution in [0.1, 0.15) is 52.5 Å². The zero-order chi connectivity index (χ0) is 15.8. The lowest BCUT2D eigenvalue weighted by molar-refractivity contribution is 0.480. The van der Waals surface area contributed by atoms with Crippen molar-refractivity contribution in [2.45, 2.75) is 59.4 Å². The maximum atomic E-state index is 14.4. The largest absolute Gasteiger partial charge is 0.369 e. The molecular weight excluding hydrogens is 263 g/mol. The Kier molecular flexibility index (Phi) is 7.73. The van der Waals surface area contributed by atoms with E-state index in [0.717, 1.165) is 50.0 Å². The van der Waals surface area contributed by atoms with Crippen molar-refractivity contribution in [3.63, 3.8) is 0 Å². The molecule has 0 spiro atoms. The lowest BCUT2D eigenvalue weighted by Crippen LogP contribution is -2.32. The Morgan fingerprint density at radius 3 is 2.29 bits per heavy atom. The topological polar surface area (TPSA) is 29.3 Å². The van der Waals surface area contributed by atoms with Gasteiger partial charge in [0.1, 0.15) is 5.82 Å². The van der Waals surface area contributed by atoms with Crippen molar-refractivity contribution in [3.8, 4) is 0 Å². The SMILES string of the molecule is CCC(N)Cc1cccc(F)c1N(CC)CC(CC)CC. The van der Waals surface area contributed by atoms with E-state index in [1.165, 1.54) is 0 Å². The van der Waals surface area contributed by atoms with Crippen molar-refractivity contribution in [2.24, 2.45) is 11.7 Å². The fraction of sp³-hybridized carbons (Fsp3) is 0.667. The Balaban J connectivity index is 3.06. The minimum Gasteiger partial charge on any atom is -0.369 e. The molecule has 0 radical (unpaired) electrons. The summed E-state index contributed by atoms with van der Waals surface area (Å²) in [6, 6.07) is 5.47. The fourth-order valence-corrected chi connectivity index (χ4v) is 2.74. The molecule has 1 atom stereocenters. The maximum Gasteiger partial charge on any atom is 0.146 e. The van der Waals surface area contributed by atoms with Crippen molar-refractivity contribution < 1.29 is 4.39 Å². The second-order valence-electron chi connectivity index (χ2n) is 5.84. The lowest BCUT2D eigenvalue weighted by atomic mass is 9.99. The minimum absolute atomic E-state index is 0.0948. The average Bonchev–Trinajstić information content (AvgIpc) is 2.50.